The van der Waals surface area contributed by atoms with E-state index in [1.54, 1.807) is 17.8 Å². The summed E-state index contributed by atoms with van der Waals surface area (Å²) in [6, 6.07) is 10.6. The number of nitrogens with zero attached hydrogens (tertiary/aromatic N) is 3. The van der Waals surface area contributed by atoms with Gasteiger partial charge in [0, 0.05) is 41.3 Å². The van der Waals surface area contributed by atoms with Gasteiger partial charge in [-0.05, 0) is 55.3 Å². The zero-order chi connectivity index (χ0) is 20.3. The fraction of sp³-hybridized carbons (Fsp3) is 0.238. The normalized spacial score (nSPS) is 14.6. The highest BCUT2D eigenvalue weighted by Crippen LogP contribution is 2.34. The van der Waals surface area contributed by atoms with Crippen LogP contribution >= 0.6 is 0 Å². The van der Waals surface area contributed by atoms with E-state index in [-0.39, 0.29) is 11.9 Å². The Balaban J connectivity index is 1.66. The van der Waals surface area contributed by atoms with E-state index < -0.39 is 11.7 Å². The van der Waals surface area contributed by atoms with Gasteiger partial charge in [0.15, 0.2) is 5.65 Å². The standard InChI is InChI=1S/C21H17F3N4O/c1-27-11-17-16-10-12(20(29)25-14-5-6-14)2-9-18(16)28(19(17)26-27)15-7-3-13(4-8-15)21(22,23)24/h2-4,7-11,14H,5-6H2,1H3,(H,25,29). The number of rotatable bonds is 3. The highest BCUT2D eigenvalue weighted by molar-refractivity contribution is 6.10. The molecule has 0 aliphatic heterocycles. The fourth-order valence-electron chi connectivity index (χ4n) is 3.59. The average molecular weight is 398 g/mol. The van der Waals surface area contributed by atoms with E-state index in [1.165, 1.54) is 12.1 Å². The van der Waals surface area contributed by atoms with Crippen molar-refractivity contribution in [3.8, 4) is 5.69 Å². The van der Waals surface area contributed by atoms with Crippen LogP contribution in [0.4, 0.5) is 13.2 Å². The van der Waals surface area contributed by atoms with Crippen molar-refractivity contribution >= 4 is 27.8 Å². The van der Waals surface area contributed by atoms with Gasteiger partial charge >= 0.3 is 6.18 Å². The lowest BCUT2D eigenvalue weighted by molar-refractivity contribution is -0.137. The third-order valence-corrected chi connectivity index (χ3v) is 5.18. The van der Waals surface area contributed by atoms with Gasteiger partial charge in [-0.25, -0.2) is 0 Å². The first-order chi connectivity index (χ1) is 13.8. The monoisotopic (exact) mass is 398 g/mol. The van der Waals surface area contributed by atoms with Crippen LogP contribution < -0.4 is 5.32 Å². The van der Waals surface area contributed by atoms with Crippen LogP contribution in [0.2, 0.25) is 0 Å². The number of amides is 1. The molecule has 1 aliphatic carbocycles. The van der Waals surface area contributed by atoms with Crippen molar-refractivity contribution in [2.24, 2.45) is 7.05 Å². The molecule has 148 valence electrons. The highest BCUT2D eigenvalue weighted by atomic mass is 19.4. The number of halogens is 3. The van der Waals surface area contributed by atoms with Crippen molar-refractivity contribution in [1.29, 1.82) is 0 Å². The molecule has 4 aromatic rings. The topological polar surface area (TPSA) is 51.9 Å². The fourth-order valence-corrected chi connectivity index (χ4v) is 3.59. The summed E-state index contributed by atoms with van der Waals surface area (Å²) >= 11 is 0. The van der Waals surface area contributed by atoms with Gasteiger partial charge in [-0.2, -0.15) is 18.3 Å². The van der Waals surface area contributed by atoms with Crippen molar-refractivity contribution in [2.45, 2.75) is 25.1 Å². The van der Waals surface area contributed by atoms with Crippen LogP contribution in [0.5, 0.6) is 0 Å². The molecule has 2 aromatic carbocycles. The van der Waals surface area contributed by atoms with Crippen LogP contribution in [-0.2, 0) is 13.2 Å². The van der Waals surface area contributed by atoms with E-state index in [4.69, 9.17) is 0 Å². The van der Waals surface area contributed by atoms with E-state index in [0.717, 1.165) is 41.3 Å². The van der Waals surface area contributed by atoms with Crippen LogP contribution in [0.3, 0.4) is 0 Å². The summed E-state index contributed by atoms with van der Waals surface area (Å²) in [4.78, 5) is 12.4. The maximum Gasteiger partial charge on any atom is 0.416 e. The lowest BCUT2D eigenvalue weighted by Gasteiger charge is -2.10. The molecule has 1 aliphatic rings. The summed E-state index contributed by atoms with van der Waals surface area (Å²) in [5.74, 6) is -0.117. The van der Waals surface area contributed by atoms with Gasteiger partial charge in [0.05, 0.1) is 11.1 Å². The largest absolute Gasteiger partial charge is 0.416 e. The van der Waals surface area contributed by atoms with Gasteiger partial charge < -0.3 is 5.32 Å². The second-order valence-corrected chi connectivity index (χ2v) is 7.40. The molecule has 0 radical (unpaired) electrons. The number of aromatic nitrogens is 3. The maximum absolute atomic E-state index is 12.9. The van der Waals surface area contributed by atoms with Crippen molar-refractivity contribution in [2.75, 3.05) is 0 Å². The Hall–Kier alpha value is -3.29. The third kappa shape index (κ3) is 3.04. The van der Waals surface area contributed by atoms with E-state index in [0.29, 0.717) is 16.9 Å². The number of carbonyl (C=O) groups is 1. The maximum atomic E-state index is 12.9. The molecule has 0 bridgehead atoms. The number of hydrogen-bond donors (Lipinski definition) is 1. The van der Waals surface area contributed by atoms with E-state index >= 15 is 0 Å². The molecule has 2 heterocycles. The van der Waals surface area contributed by atoms with E-state index in [9.17, 15) is 18.0 Å². The minimum Gasteiger partial charge on any atom is -0.349 e. The van der Waals surface area contributed by atoms with Gasteiger partial charge in [-0.1, -0.05) is 0 Å². The number of fused-ring (bicyclic) bond motifs is 3. The first kappa shape index (κ1) is 17.8. The average Bonchev–Trinajstić information content (AvgIpc) is 3.34. The molecule has 5 nitrogen and oxygen atoms in total. The second-order valence-electron chi connectivity index (χ2n) is 7.40. The summed E-state index contributed by atoms with van der Waals surface area (Å²) in [6.07, 6.45) is -0.529. The molecular weight excluding hydrogens is 381 g/mol. The predicted molar refractivity (Wildman–Crippen MR) is 103 cm³/mol. The van der Waals surface area contributed by atoms with Crippen molar-refractivity contribution in [3.63, 3.8) is 0 Å². The third-order valence-electron chi connectivity index (χ3n) is 5.18. The van der Waals surface area contributed by atoms with Crippen molar-refractivity contribution < 1.29 is 18.0 Å². The Kier molecular flexibility index (Phi) is 3.74. The Morgan fingerprint density at radius 2 is 1.83 bits per heavy atom. The summed E-state index contributed by atoms with van der Waals surface area (Å²) in [7, 11) is 1.78. The Morgan fingerprint density at radius 1 is 1.10 bits per heavy atom. The summed E-state index contributed by atoms with van der Waals surface area (Å²) in [5, 5.41) is 9.13. The second kappa shape index (κ2) is 6.10. The van der Waals surface area contributed by atoms with Crippen molar-refractivity contribution in [1.82, 2.24) is 19.7 Å². The highest BCUT2D eigenvalue weighted by Gasteiger charge is 2.30. The van der Waals surface area contributed by atoms with Crippen LogP contribution in [0, 0.1) is 0 Å². The van der Waals surface area contributed by atoms with Gasteiger partial charge in [0.2, 0.25) is 0 Å². The number of alkyl halides is 3. The minimum absolute atomic E-state index is 0.117. The van der Waals surface area contributed by atoms with Crippen LogP contribution in [0.25, 0.3) is 27.6 Å². The summed E-state index contributed by atoms with van der Waals surface area (Å²) < 4.78 is 42.2. The van der Waals surface area contributed by atoms with E-state index in [1.807, 2.05) is 22.9 Å². The Labute approximate surface area is 163 Å². The Morgan fingerprint density at radius 3 is 2.48 bits per heavy atom. The molecule has 29 heavy (non-hydrogen) atoms. The molecule has 0 saturated heterocycles. The Bertz CT molecular complexity index is 1250. The molecule has 0 unspecified atom stereocenters. The molecule has 2 aromatic heterocycles. The molecule has 0 atom stereocenters. The van der Waals surface area contributed by atoms with Crippen molar-refractivity contribution in [3.05, 3.63) is 59.8 Å². The first-order valence-electron chi connectivity index (χ1n) is 9.27. The summed E-state index contributed by atoms with van der Waals surface area (Å²) in [6.45, 7) is 0. The molecule has 1 saturated carbocycles. The zero-order valence-corrected chi connectivity index (χ0v) is 15.5. The molecule has 1 fully saturated rings. The molecular formula is C21H17F3N4O. The summed E-state index contributed by atoms with van der Waals surface area (Å²) in [5.41, 5.74) is 1.84. The predicted octanol–water partition coefficient (Wildman–Crippen LogP) is 4.43. The first-order valence-corrected chi connectivity index (χ1v) is 9.27. The van der Waals surface area contributed by atoms with Gasteiger partial charge in [-0.3, -0.25) is 14.0 Å². The lowest BCUT2D eigenvalue weighted by Crippen LogP contribution is -2.25. The molecule has 8 heteroatoms. The van der Waals surface area contributed by atoms with E-state index in [2.05, 4.69) is 10.4 Å². The number of nitrogens with one attached hydrogen (secondary N) is 1. The SMILES string of the molecule is Cn1cc2c3cc(C(=O)NC4CC4)ccc3n(-c3ccc(C(F)(F)F)cc3)c2n1. The molecule has 1 N–H and O–H groups in total. The number of carbonyl (C=O) groups excluding carboxylic acids is 1. The minimum atomic E-state index is -4.39. The number of aryl methyl sites for hydroxylation is 1. The van der Waals surface area contributed by atoms with Crippen LogP contribution in [0.15, 0.2) is 48.7 Å². The zero-order valence-electron chi connectivity index (χ0n) is 15.5. The molecule has 5 rings (SSSR count). The number of benzene rings is 2. The van der Waals surface area contributed by atoms with Crippen LogP contribution in [0.1, 0.15) is 28.8 Å². The van der Waals surface area contributed by atoms with Gasteiger partial charge in [0.1, 0.15) is 0 Å². The van der Waals surface area contributed by atoms with Crippen LogP contribution in [-0.4, -0.2) is 26.3 Å². The smallest absolute Gasteiger partial charge is 0.349 e. The quantitative estimate of drug-likeness (QED) is 0.555. The molecule has 0 spiro atoms. The molecule has 1 amide bonds. The van der Waals surface area contributed by atoms with Gasteiger partial charge in [-0.15, -0.1) is 0 Å². The lowest BCUT2D eigenvalue weighted by atomic mass is 10.1. The van der Waals surface area contributed by atoms with Gasteiger partial charge in [0.25, 0.3) is 5.91 Å². The number of hydrogen-bond acceptors (Lipinski definition) is 2.